The van der Waals surface area contributed by atoms with Crippen molar-refractivity contribution in [2.75, 3.05) is 31.1 Å². The Balaban J connectivity index is 1.46. The maximum Gasteiger partial charge on any atom is 0.274 e. The van der Waals surface area contributed by atoms with E-state index in [4.69, 9.17) is 11.6 Å². The van der Waals surface area contributed by atoms with Gasteiger partial charge in [-0.3, -0.25) is 9.48 Å². The molecule has 2 heterocycles. The number of amides is 1. The average molecular weight is 395 g/mol. The van der Waals surface area contributed by atoms with Crippen molar-refractivity contribution in [2.24, 2.45) is 7.05 Å². The molecule has 0 spiro atoms. The zero-order valence-electron chi connectivity index (χ0n) is 16.1. The Labute approximate surface area is 170 Å². The van der Waals surface area contributed by atoms with Gasteiger partial charge in [0.25, 0.3) is 5.91 Å². The maximum absolute atomic E-state index is 13.0. The van der Waals surface area contributed by atoms with Crippen LogP contribution in [0.4, 0.5) is 5.69 Å². The van der Waals surface area contributed by atoms with Gasteiger partial charge in [-0.2, -0.15) is 5.10 Å². The van der Waals surface area contributed by atoms with Gasteiger partial charge in [-0.05, 0) is 36.8 Å². The fourth-order valence-corrected chi connectivity index (χ4v) is 3.75. The molecular formula is C22H23ClN4O. The van der Waals surface area contributed by atoms with Crippen LogP contribution in [0.15, 0.2) is 54.6 Å². The highest BCUT2D eigenvalue weighted by Gasteiger charge is 2.25. The first-order valence-corrected chi connectivity index (χ1v) is 9.80. The van der Waals surface area contributed by atoms with E-state index in [0.29, 0.717) is 18.8 Å². The standard InChI is InChI=1S/C22H23ClN4O/c1-16-6-8-17(9-7-16)21-15-20(24-25(21)2)22(28)27-12-10-26(11-13-27)19-5-3-4-18(23)14-19/h3-9,14-15H,10-13H2,1-2H3. The summed E-state index contributed by atoms with van der Waals surface area (Å²) < 4.78 is 1.78. The van der Waals surface area contributed by atoms with E-state index in [1.54, 1.807) is 4.68 Å². The molecule has 1 aliphatic rings. The number of halogens is 1. The summed E-state index contributed by atoms with van der Waals surface area (Å²) in [6.07, 6.45) is 0. The summed E-state index contributed by atoms with van der Waals surface area (Å²) in [7, 11) is 1.88. The molecule has 6 heteroatoms. The molecule has 1 saturated heterocycles. The number of benzene rings is 2. The van der Waals surface area contributed by atoms with Crippen LogP contribution in [0, 0.1) is 6.92 Å². The van der Waals surface area contributed by atoms with Gasteiger partial charge in [0, 0.05) is 43.9 Å². The van der Waals surface area contributed by atoms with Crippen LogP contribution >= 0.6 is 11.6 Å². The van der Waals surface area contributed by atoms with Crippen molar-refractivity contribution in [2.45, 2.75) is 6.92 Å². The second kappa shape index (κ2) is 7.68. The number of rotatable bonds is 3. The van der Waals surface area contributed by atoms with E-state index < -0.39 is 0 Å². The number of anilines is 1. The SMILES string of the molecule is Cc1ccc(-c2cc(C(=O)N3CCN(c4cccc(Cl)c4)CC3)nn2C)cc1. The molecule has 0 saturated carbocycles. The van der Waals surface area contributed by atoms with Gasteiger partial charge in [0.15, 0.2) is 5.69 Å². The van der Waals surface area contributed by atoms with E-state index >= 15 is 0 Å². The molecule has 0 unspecified atom stereocenters. The summed E-state index contributed by atoms with van der Waals surface area (Å²) in [5.74, 6) is -0.0142. The lowest BCUT2D eigenvalue weighted by Crippen LogP contribution is -2.48. The van der Waals surface area contributed by atoms with Crippen LogP contribution in [0.1, 0.15) is 16.1 Å². The van der Waals surface area contributed by atoms with Crippen molar-refractivity contribution in [3.63, 3.8) is 0 Å². The minimum atomic E-state index is -0.0142. The summed E-state index contributed by atoms with van der Waals surface area (Å²) >= 11 is 6.10. The molecule has 3 aromatic rings. The van der Waals surface area contributed by atoms with Crippen molar-refractivity contribution in [3.8, 4) is 11.3 Å². The second-order valence-corrected chi connectivity index (χ2v) is 7.60. The zero-order valence-corrected chi connectivity index (χ0v) is 16.9. The molecule has 5 nitrogen and oxygen atoms in total. The third-order valence-corrected chi connectivity index (χ3v) is 5.42. The normalized spacial score (nSPS) is 14.4. The number of nitrogens with zero attached hydrogens (tertiary/aromatic N) is 4. The minimum absolute atomic E-state index is 0.0142. The minimum Gasteiger partial charge on any atom is -0.368 e. The Hall–Kier alpha value is -2.79. The first kappa shape index (κ1) is 18.6. The van der Waals surface area contributed by atoms with Gasteiger partial charge in [0.2, 0.25) is 0 Å². The zero-order chi connectivity index (χ0) is 19.7. The molecule has 0 aliphatic carbocycles. The van der Waals surface area contributed by atoms with E-state index in [1.807, 2.05) is 36.2 Å². The molecular weight excluding hydrogens is 372 g/mol. The summed E-state index contributed by atoms with van der Waals surface area (Å²) in [5, 5.41) is 5.20. The number of piperazine rings is 1. The smallest absolute Gasteiger partial charge is 0.274 e. The molecule has 2 aromatic carbocycles. The van der Waals surface area contributed by atoms with E-state index in [9.17, 15) is 4.79 Å². The fraction of sp³-hybridized carbons (Fsp3) is 0.273. The van der Waals surface area contributed by atoms with Crippen molar-refractivity contribution in [1.82, 2.24) is 14.7 Å². The van der Waals surface area contributed by atoms with Gasteiger partial charge in [-0.25, -0.2) is 0 Å². The van der Waals surface area contributed by atoms with Crippen molar-refractivity contribution < 1.29 is 4.79 Å². The number of aromatic nitrogens is 2. The van der Waals surface area contributed by atoms with Gasteiger partial charge >= 0.3 is 0 Å². The van der Waals surface area contributed by atoms with Crippen LogP contribution in [-0.4, -0.2) is 46.8 Å². The molecule has 1 aliphatic heterocycles. The van der Waals surface area contributed by atoms with Crippen molar-refractivity contribution in [1.29, 1.82) is 0 Å². The van der Waals surface area contributed by atoms with Crippen LogP contribution in [0.2, 0.25) is 5.02 Å². The molecule has 1 fully saturated rings. The average Bonchev–Trinajstić information content (AvgIpc) is 3.10. The first-order chi connectivity index (χ1) is 13.5. The molecule has 1 amide bonds. The Kier molecular flexibility index (Phi) is 5.09. The molecule has 0 atom stereocenters. The Bertz CT molecular complexity index is 988. The second-order valence-electron chi connectivity index (χ2n) is 7.16. The van der Waals surface area contributed by atoms with Gasteiger partial charge in [-0.1, -0.05) is 47.5 Å². The topological polar surface area (TPSA) is 41.4 Å². The Morgan fingerprint density at radius 1 is 1.00 bits per heavy atom. The van der Waals surface area contributed by atoms with Gasteiger partial charge in [0.1, 0.15) is 0 Å². The molecule has 28 heavy (non-hydrogen) atoms. The largest absolute Gasteiger partial charge is 0.368 e. The summed E-state index contributed by atoms with van der Waals surface area (Å²) in [4.78, 5) is 17.1. The number of hydrogen-bond donors (Lipinski definition) is 0. The van der Waals surface area contributed by atoms with Crippen LogP contribution in [0.25, 0.3) is 11.3 Å². The van der Waals surface area contributed by atoms with Gasteiger partial charge < -0.3 is 9.80 Å². The number of carbonyl (C=O) groups is 1. The predicted molar refractivity (Wildman–Crippen MR) is 113 cm³/mol. The third kappa shape index (κ3) is 3.76. The molecule has 1 aromatic heterocycles. The lowest BCUT2D eigenvalue weighted by Gasteiger charge is -2.35. The molecule has 0 N–H and O–H groups in total. The third-order valence-electron chi connectivity index (χ3n) is 5.19. The van der Waals surface area contributed by atoms with E-state index in [1.165, 1.54) is 5.56 Å². The van der Waals surface area contributed by atoms with Crippen molar-refractivity contribution in [3.05, 3.63) is 70.9 Å². The van der Waals surface area contributed by atoms with E-state index in [0.717, 1.165) is 35.1 Å². The highest BCUT2D eigenvalue weighted by atomic mass is 35.5. The monoisotopic (exact) mass is 394 g/mol. The summed E-state index contributed by atoms with van der Waals surface area (Å²) in [6.45, 7) is 4.96. The van der Waals surface area contributed by atoms with Gasteiger partial charge in [-0.15, -0.1) is 0 Å². The van der Waals surface area contributed by atoms with Crippen LogP contribution < -0.4 is 4.90 Å². The van der Waals surface area contributed by atoms with E-state index in [-0.39, 0.29) is 5.91 Å². The van der Waals surface area contributed by atoms with Crippen LogP contribution in [0.3, 0.4) is 0 Å². The van der Waals surface area contributed by atoms with Crippen LogP contribution in [-0.2, 0) is 7.05 Å². The van der Waals surface area contributed by atoms with Crippen molar-refractivity contribution >= 4 is 23.2 Å². The number of aryl methyl sites for hydroxylation is 2. The predicted octanol–water partition coefficient (Wildman–Crippen LogP) is 4.01. The molecule has 0 bridgehead atoms. The summed E-state index contributed by atoms with van der Waals surface area (Å²) in [6, 6.07) is 18.0. The number of carbonyl (C=O) groups excluding carboxylic acids is 1. The van der Waals surface area contributed by atoms with E-state index in [2.05, 4.69) is 47.3 Å². The first-order valence-electron chi connectivity index (χ1n) is 9.42. The number of hydrogen-bond acceptors (Lipinski definition) is 3. The lowest BCUT2D eigenvalue weighted by atomic mass is 10.1. The highest BCUT2D eigenvalue weighted by Crippen LogP contribution is 2.23. The molecule has 0 radical (unpaired) electrons. The molecule has 4 rings (SSSR count). The Morgan fingerprint density at radius 2 is 1.71 bits per heavy atom. The Morgan fingerprint density at radius 3 is 2.39 bits per heavy atom. The lowest BCUT2D eigenvalue weighted by molar-refractivity contribution is 0.0740. The quantitative estimate of drug-likeness (QED) is 0.674. The maximum atomic E-state index is 13.0. The van der Waals surface area contributed by atoms with Gasteiger partial charge in [0.05, 0.1) is 5.69 Å². The highest BCUT2D eigenvalue weighted by molar-refractivity contribution is 6.30. The fourth-order valence-electron chi connectivity index (χ4n) is 3.57. The van der Waals surface area contributed by atoms with Crippen LogP contribution in [0.5, 0.6) is 0 Å². The molecule has 144 valence electrons. The summed E-state index contributed by atoms with van der Waals surface area (Å²) in [5.41, 5.74) is 4.81.